The Bertz CT molecular complexity index is 993. The van der Waals surface area contributed by atoms with E-state index in [-0.39, 0.29) is 11.4 Å². The van der Waals surface area contributed by atoms with Crippen molar-refractivity contribution in [2.24, 2.45) is 0 Å². The average Bonchev–Trinajstić information content (AvgIpc) is 3.21. The van der Waals surface area contributed by atoms with Crippen LogP contribution in [0.25, 0.3) is 11.2 Å². The lowest BCUT2D eigenvalue weighted by Crippen LogP contribution is -2.02. The summed E-state index contributed by atoms with van der Waals surface area (Å²) in [6.45, 7) is 3.92. The molecule has 2 heterocycles. The number of hydrogen-bond donors (Lipinski definition) is 0. The Hall–Kier alpha value is -2.68. The lowest BCUT2D eigenvalue weighted by molar-refractivity contribution is 0.104. The van der Waals surface area contributed by atoms with Gasteiger partial charge in [0.25, 0.3) is 0 Å². The van der Waals surface area contributed by atoms with E-state index in [2.05, 4.69) is 4.98 Å². The molecular weight excluding hydrogens is 354 g/mol. The fourth-order valence-electron chi connectivity index (χ4n) is 2.62. The summed E-state index contributed by atoms with van der Waals surface area (Å²) in [6, 6.07) is 10.5. The number of carbonyl (C=O) groups is 1. The maximum Gasteiger partial charge on any atom is 0.203 e. The smallest absolute Gasteiger partial charge is 0.203 e. The molecule has 0 N–H and O–H groups in total. The van der Waals surface area contributed by atoms with E-state index in [4.69, 9.17) is 11.6 Å². The third kappa shape index (κ3) is 3.41. The third-order valence-corrected chi connectivity index (χ3v) is 4.86. The molecule has 0 fully saturated rings. The Balaban J connectivity index is 2.01. The Morgan fingerprint density at radius 2 is 2.04 bits per heavy atom. The minimum atomic E-state index is -0.321. The second-order valence-electron chi connectivity index (χ2n) is 5.48. The van der Waals surface area contributed by atoms with E-state index >= 15 is 0 Å². The first-order valence-corrected chi connectivity index (χ1v) is 8.78. The number of allylic oxidation sites excluding steroid dienone is 1. The number of benzene rings is 1. The predicted molar refractivity (Wildman–Crippen MR) is 100 cm³/mol. The Morgan fingerprint density at radius 3 is 2.64 bits per heavy atom. The summed E-state index contributed by atoms with van der Waals surface area (Å²) >= 11 is 7.38. The topological polar surface area (TPSA) is 58.7 Å². The number of Topliss-reactive ketones (excluding diaryl/α,β-unsaturated/α-hetero) is 1. The zero-order valence-corrected chi connectivity index (χ0v) is 15.2. The van der Waals surface area contributed by atoms with Gasteiger partial charge >= 0.3 is 0 Å². The quantitative estimate of drug-likeness (QED) is 0.370. The number of thiazole rings is 1. The van der Waals surface area contributed by atoms with Crippen LogP contribution in [0.15, 0.2) is 47.5 Å². The Morgan fingerprint density at radius 1 is 1.32 bits per heavy atom. The van der Waals surface area contributed by atoms with Crippen LogP contribution in [0.1, 0.15) is 27.3 Å². The molecule has 0 saturated carbocycles. The Kier molecular flexibility index (Phi) is 4.84. The second-order valence-corrected chi connectivity index (χ2v) is 6.79. The molecular formula is C19H14ClN3OS. The molecule has 4 nitrogen and oxygen atoms in total. The molecule has 3 rings (SSSR count). The van der Waals surface area contributed by atoms with E-state index in [0.29, 0.717) is 10.6 Å². The lowest BCUT2D eigenvalue weighted by atomic mass is 10.0. The summed E-state index contributed by atoms with van der Waals surface area (Å²) in [7, 11) is 0. The molecule has 2 aromatic heterocycles. The first-order chi connectivity index (χ1) is 12.0. The van der Waals surface area contributed by atoms with Gasteiger partial charge in [-0.2, -0.15) is 5.26 Å². The fourth-order valence-corrected chi connectivity index (χ4v) is 3.49. The molecule has 124 valence electrons. The van der Waals surface area contributed by atoms with Gasteiger partial charge in [0, 0.05) is 33.6 Å². The van der Waals surface area contributed by atoms with Crippen molar-refractivity contribution >= 4 is 34.8 Å². The lowest BCUT2D eigenvalue weighted by Gasteiger charge is -2.04. The standard InChI is InChI=1S/C19H14ClN3OS/c1-12-9-15(13(2)23(12)19-22-7-8-25-19)10-16(11-21)18(24)14-3-5-17(20)6-4-14/h3-10H,1-2H3/b16-10+. The van der Waals surface area contributed by atoms with Crippen LogP contribution in [0.2, 0.25) is 5.02 Å². The normalized spacial score (nSPS) is 11.4. The molecule has 0 spiro atoms. The number of nitriles is 1. The van der Waals surface area contributed by atoms with Gasteiger partial charge < -0.3 is 0 Å². The highest BCUT2D eigenvalue weighted by Crippen LogP contribution is 2.24. The predicted octanol–water partition coefficient (Wildman–Crippen LogP) is 4.99. The van der Waals surface area contributed by atoms with Gasteiger partial charge in [-0.25, -0.2) is 4.98 Å². The van der Waals surface area contributed by atoms with Crippen molar-refractivity contribution in [3.63, 3.8) is 0 Å². The summed E-state index contributed by atoms with van der Waals surface area (Å²) < 4.78 is 2.01. The monoisotopic (exact) mass is 367 g/mol. The van der Waals surface area contributed by atoms with Gasteiger partial charge in [0.1, 0.15) is 11.6 Å². The van der Waals surface area contributed by atoms with Crippen molar-refractivity contribution < 1.29 is 4.79 Å². The number of carbonyl (C=O) groups excluding carboxylic acids is 1. The highest BCUT2D eigenvalue weighted by Gasteiger charge is 2.16. The fraction of sp³-hybridized carbons (Fsp3) is 0.105. The number of nitrogens with zero attached hydrogens (tertiary/aromatic N) is 3. The van der Waals surface area contributed by atoms with Gasteiger partial charge in [0.05, 0.1) is 0 Å². The number of aryl methyl sites for hydroxylation is 1. The molecule has 0 aliphatic carbocycles. The van der Waals surface area contributed by atoms with Crippen molar-refractivity contribution in [2.45, 2.75) is 13.8 Å². The highest BCUT2D eigenvalue weighted by molar-refractivity contribution is 7.12. The van der Waals surface area contributed by atoms with E-state index in [1.54, 1.807) is 36.5 Å². The largest absolute Gasteiger partial charge is 0.294 e. The van der Waals surface area contributed by atoms with E-state index < -0.39 is 0 Å². The van der Waals surface area contributed by atoms with Gasteiger partial charge in [-0.3, -0.25) is 9.36 Å². The highest BCUT2D eigenvalue weighted by atomic mass is 35.5. The zero-order chi connectivity index (χ0) is 18.0. The van der Waals surface area contributed by atoms with E-state index in [1.807, 2.05) is 35.9 Å². The molecule has 0 atom stereocenters. The van der Waals surface area contributed by atoms with Crippen LogP contribution >= 0.6 is 22.9 Å². The van der Waals surface area contributed by atoms with Crippen LogP contribution in [0, 0.1) is 25.2 Å². The van der Waals surface area contributed by atoms with Crippen LogP contribution in [0.3, 0.4) is 0 Å². The molecule has 1 aromatic carbocycles. The van der Waals surface area contributed by atoms with Gasteiger partial charge in [-0.15, -0.1) is 11.3 Å². The molecule has 0 saturated heterocycles. The van der Waals surface area contributed by atoms with E-state index in [0.717, 1.165) is 22.1 Å². The molecule has 6 heteroatoms. The van der Waals surface area contributed by atoms with Crippen molar-refractivity contribution in [2.75, 3.05) is 0 Å². The molecule has 0 amide bonds. The number of halogens is 1. The molecule has 0 radical (unpaired) electrons. The maximum atomic E-state index is 12.6. The van der Waals surface area contributed by atoms with E-state index in [1.165, 1.54) is 11.3 Å². The molecule has 0 bridgehead atoms. The van der Waals surface area contributed by atoms with Crippen molar-refractivity contribution in [3.05, 3.63) is 75.0 Å². The Labute approximate surface area is 154 Å². The van der Waals surface area contributed by atoms with Crippen LogP contribution in [-0.4, -0.2) is 15.3 Å². The first-order valence-electron chi connectivity index (χ1n) is 7.52. The minimum absolute atomic E-state index is 0.0849. The summed E-state index contributed by atoms with van der Waals surface area (Å²) in [5.74, 6) is -0.321. The van der Waals surface area contributed by atoms with Gasteiger partial charge in [0.15, 0.2) is 5.13 Å². The molecule has 0 unspecified atom stereocenters. The number of aromatic nitrogens is 2. The van der Waals surface area contributed by atoms with Crippen molar-refractivity contribution in [1.82, 2.24) is 9.55 Å². The minimum Gasteiger partial charge on any atom is -0.294 e. The zero-order valence-electron chi connectivity index (χ0n) is 13.7. The molecule has 0 aliphatic heterocycles. The summed E-state index contributed by atoms with van der Waals surface area (Å²) in [5, 5.41) is 12.8. The SMILES string of the molecule is Cc1cc(/C=C(\C#N)C(=O)c2ccc(Cl)cc2)c(C)n1-c1nccs1. The van der Waals surface area contributed by atoms with E-state index in [9.17, 15) is 10.1 Å². The summed E-state index contributed by atoms with van der Waals surface area (Å²) in [5.41, 5.74) is 3.28. The van der Waals surface area contributed by atoms with Crippen molar-refractivity contribution in [3.8, 4) is 11.2 Å². The molecule has 0 aliphatic rings. The maximum absolute atomic E-state index is 12.6. The number of hydrogen-bond acceptors (Lipinski definition) is 4. The van der Waals surface area contributed by atoms with Crippen LogP contribution in [0.5, 0.6) is 0 Å². The van der Waals surface area contributed by atoms with Crippen LogP contribution in [0.4, 0.5) is 0 Å². The van der Waals surface area contributed by atoms with Gasteiger partial charge in [0.2, 0.25) is 5.78 Å². The van der Waals surface area contributed by atoms with Crippen molar-refractivity contribution in [1.29, 1.82) is 5.26 Å². The molecule has 3 aromatic rings. The van der Waals surface area contributed by atoms with Gasteiger partial charge in [-0.05, 0) is 55.8 Å². The number of ketones is 1. The number of rotatable bonds is 4. The third-order valence-electron chi connectivity index (χ3n) is 3.85. The first kappa shape index (κ1) is 17.2. The second kappa shape index (κ2) is 7.06. The van der Waals surface area contributed by atoms with Crippen LogP contribution < -0.4 is 0 Å². The van der Waals surface area contributed by atoms with Gasteiger partial charge in [-0.1, -0.05) is 11.6 Å². The summed E-state index contributed by atoms with van der Waals surface area (Å²) in [6.07, 6.45) is 3.38. The summed E-state index contributed by atoms with van der Waals surface area (Å²) in [4.78, 5) is 16.9. The average molecular weight is 368 g/mol. The van der Waals surface area contributed by atoms with Crippen LogP contribution in [-0.2, 0) is 0 Å². The molecule has 25 heavy (non-hydrogen) atoms.